The SMILES string of the molecule is Cc1cc(Br)ccc1CC1CN(C)CCN1. The van der Waals surface area contributed by atoms with Gasteiger partial charge in [-0.05, 0) is 43.7 Å². The Morgan fingerprint density at radius 3 is 3.00 bits per heavy atom. The summed E-state index contributed by atoms with van der Waals surface area (Å²) in [6.45, 7) is 5.61. The molecule has 0 saturated carbocycles. The van der Waals surface area contributed by atoms with E-state index in [9.17, 15) is 0 Å². The van der Waals surface area contributed by atoms with Crippen LogP contribution in [0, 0.1) is 6.92 Å². The highest BCUT2D eigenvalue weighted by molar-refractivity contribution is 9.10. The molecule has 2 rings (SSSR count). The molecule has 0 aromatic heterocycles. The van der Waals surface area contributed by atoms with E-state index in [-0.39, 0.29) is 0 Å². The Morgan fingerprint density at radius 2 is 2.31 bits per heavy atom. The van der Waals surface area contributed by atoms with Gasteiger partial charge in [-0.1, -0.05) is 22.0 Å². The van der Waals surface area contributed by atoms with Gasteiger partial charge >= 0.3 is 0 Å². The van der Waals surface area contributed by atoms with Crippen LogP contribution in [0.4, 0.5) is 0 Å². The summed E-state index contributed by atoms with van der Waals surface area (Å²) in [4.78, 5) is 2.40. The largest absolute Gasteiger partial charge is 0.311 e. The van der Waals surface area contributed by atoms with Crippen molar-refractivity contribution < 1.29 is 0 Å². The molecule has 1 atom stereocenters. The molecular formula is C13H19BrN2. The molecule has 0 amide bonds. The average molecular weight is 283 g/mol. The van der Waals surface area contributed by atoms with E-state index >= 15 is 0 Å². The Bertz CT molecular complexity index is 365. The zero-order chi connectivity index (χ0) is 11.5. The fourth-order valence-electron chi connectivity index (χ4n) is 2.28. The summed E-state index contributed by atoms with van der Waals surface area (Å²) in [6.07, 6.45) is 1.13. The van der Waals surface area contributed by atoms with Crippen molar-refractivity contribution in [1.82, 2.24) is 10.2 Å². The highest BCUT2D eigenvalue weighted by Gasteiger charge is 2.17. The topological polar surface area (TPSA) is 15.3 Å². The van der Waals surface area contributed by atoms with Gasteiger partial charge in [0.1, 0.15) is 0 Å². The third kappa shape index (κ3) is 3.06. The summed E-state index contributed by atoms with van der Waals surface area (Å²) in [6, 6.07) is 7.16. The van der Waals surface area contributed by atoms with Crippen LogP contribution in [0.15, 0.2) is 22.7 Å². The van der Waals surface area contributed by atoms with Gasteiger partial charge in [0.15, 0.2) is 0 Å². The smallest absolute Gasteiger partial charge is 0.0235 e. The van der Waals surface area contributed by atoms with Crippen molar-refractivity contribution in [3.8, 4) is 0 Å². The van der Waals surface area contributed by atoms with Crippen molar-refractivity contribution in [3.05, 3.63) is 33.8 Å². The third-order valence-corrected chi connectivity index (χ3v) is 3.72. The molecule has 0 aliphatic carbocycles. The molecule has 2 nitrogen and oxygen atoms in total. The van der Waals surface area contributed by atoms with E-state index in [1.807, 2.05) is 0 Å². The first kappa shape index (κ1) is 12.1. The first-order valence-corrected chi connectivity index (χ1v) is 6.61. The Labute approximate surface area is 106 Å². The molecule has 88 valence electrons. The maximum atomic E-state index is 3.59. The monoisotopic (exact) mass is 282 g/mol. The number of aryl methyl sites for hydroxylation is 1. The van der Waals surface area contributed by atoms with Crippen LogP contribution in [-0.2, 0) is 6.42 Å². The number of hydrogen-bond acceptors (Lipinski definition) is 2. The molecule has 1 heterocycles. The van der Waals surface area contributed by atoms with Gasteiger partial charge in [0.05, 0.1) is 0 Å². The van der Waals surface area contributed by atoms with Crippen LogP contribution >= 0.6 is 15.9 Å². The van der Waals surface area contributed by atoms with Crippen LogP contribution in [0.3, 0.4) is 0 Å². The molecule has 0 bridgehead atoms. The van der Waals surface area contributed by atoms with Crippen LogP contribution in [0.25, 0.3) is 0 Å². The minimum absolute atomic E-state index is 0.596. The molecule has 0 spiro atoms. The highest BCUT2D eigenvalue weighted by Crippen LogP contribution is 2.17. The number of piperazine rings is 1. The van der Waals surface area contributed by atoms with E-state index in [2.05, 4.69) is 58.3 Å². The van der Waals surface area contributed by atoms with Crippen molar-refractivity contribution in [3.63, 3.8) is 0 Å². The lowest BCUT2D eigenvalue weighted by molar-refractivity contribution is 0.238. The molecule has 0 radical (unpaired) electrons. The fourth-order valence-corrected chi connectivity index (χ4v) is 2.76. The summed E-state index contributed by atoms with van der Waals surface area (Å²) in [5, 5.41) is 3.59. The summed E-state index contributed by atoms with van der Waals surface area (Å²) < 4.78 is 1.17. The molecule has 1 fully saturated rings. The van der Waals surface area contributed by atoms with Crippen molar-refractivity contribution in [2.75, 3.05) is 26.7 Å². The van der Waals surface area contributed by atoms with E-state index in [0.717, 1.165) is 26.1 Å². The third-order valence-electron chi connectivity index (χ3n) is 3.23. The van der Waals surface area contributed by atoms with Crippen molar-refractivity contribution in [2.45, 2.75) is 19.4 Å². The molecule has 1 unspecified atom stereocenters. The Balaban J connectivity index is 2.02. The lowest BCUT2D eigenvalue weighted by Crippen LogP contribution is -2.49. The lowest BCUT2D eigenvalue weighted by atomic mass is 10.00. The Morgan fingerprint density at radius 1 is 1.50 bits per heavy atom. The number of benzene rings is 1. The van der Waals surface area contributed by atoms with E-state index in [1.165, 1.54) is 15.6 Å². The predicted octanol–water partition coefficient (Wildman–Crippen LogP) is 2.20. The van der Waals surface area contributed by atoms with E-state index in [1.54, 1.807) is 0 Å². The summed E-state index contributed by atoms with van der Waals surface area (Å²) in [5.74, 6) is 0. The van der Waals surface area contributed by atoms with Crippen molar-refractivity contribution in [1.29, 1.82) is 0 Å². The predicted molar refractivity (Wildman–Crippen MR) is 71.9 cm³/mol. The van der Waals surface area contributed by atoms with E-state index < -0.39 is 0 Å². The first-order chi connectivity index (χ1) is 7.65. The molecule has 1 aliphatic heterocycles. The zero-order valence-corrected chi connectivity index (χ0v) is 11.5. The van der Waals surface area contributed by atoms with Crippen LogP contribution in [0.2, 0.25) is 0 Å². The van der Waals surface area contributed by atoms with E-state index in [0.29, 0.717) is 6.04 Å². The lowest BCUT2D eigenvalue weighted by Gasteiger charge is -2.31. The van der Waals surface area contributed by atoms with Crippen LogP contribution in [0.5, 0.6) is 0 Å². The molecule has 1 aliphatic rings. The minimum Gasteiger partial charge on any atom is -0.311 e. The number of hydrogen-bond donors (Lipinski definition) is 1. The van der Waals surface area contributed by atoms with Gasteiger partial charge in [-0.15, -0.1) is 0 Å². The highest BCUT2D eigenvalue weighted by atomic mass is 79.9. The number of nitrogens with zero attached hydrogens (tertiary/aromatic N) is 1. The van der Waals surface area contributed by atoms with Gasteiger partial charge < -0.3 is 10.2 Å². The molecular weight excluding hydrogens is 264 g/mol. The standard InChI is InChI=1S/C13H19BrN2/c1-10-7-12(14)4-3-11(10)8-13-9-16(2)6-5-15-13/h3-4,7,13,15H,5-6,8-9H2,1-2H3. The van der Waals surface area contributed by atoms with Gasteiger partial charge in [-0.3, -0.25) is 0 Å². The molecule has 1 N–H and O–H groups in total. The van der Waals surface area contributed by atoms with Gasteiger partial charge in [0.25, 0.3) is 0 Å². The first-order valence-electron chi connectivity index (χ1n) is 5.82. The van der Waals surface area contributed by atoms with E-state index in [4.69, 9.17) is 0 Å². The second-order valence-corrected chi connectivity index (χ2v) is 5.60. The Kier molecular flexibility index (Phi) is 4.00. The molecule has 16 heavy (non-hydrogen) atoms. The number of likely N-dealkylation sites (N-methyl/N-ethyl adjacent to an activating group) is 1. The fraction of sp³-hybridized carbons (Fsp3) is 0.538. The maximum Gasteiger partial charge on any atom is 0.0235 e. The normalized spacial score (nSPS) is 22.3. The molecule has 1 aromatic carbocycles. The number of rotatable bonds is 2. The van der Waals surface area contributed by atoms with Crippen molar-refractivity contribution in [2.24, 2.45) is 0 Å². The van der Waals surface area contributed by atoms with Gasteiger partial charge in [0, 0.05) is 30.1 Å². The van der Waals surface area contributed by atoms with Crippen LogP contribution in [0.1, 0.15) is 11.1 Å². The molecule has 1 saturated heterocycles. The van der Waals surface area contributed by atoms with Crippen LogP contribution < -0.4 is 5.32 Å². The average Bonchev–Trinajstić information content (AvgIpc) is 2.22. The quantitative estimate of drug-likeness (QED) is 0.895. The minimum atomic E-state index is 0.596. The number of nitrogens with one attached hydrogen (secondary N) is 1. The number of halogens is 1. The molecule has 1 aromatic rings. The van der Waals surface area contributed by atoms with Gasteiger partial charge in [-0.25, -0.2) is 0 Å². The second-order valence-electron chi connectivity index (χ2n) is 4.69. The summed E-state index contributed by atoms with van der Waals surface area (Å²) >= 11 is 3.51. The second kappa shape index (κ2) is 5.30. The maximum absolute atomic E-state index is 3.59. The summed E-state index contributed by atoms with van der Waals surface area (Å²) in [5.41, 5.74) is 2.83. The van der Waals surface area contributed by atoms with Crippen molar-refractivity contribution >= 4 is 15.9 Å². The molecule has 3 heteroatoms. The van der Waals surface area contributed by atoms with Gasteiger partial charge in [0.2, 0.25) is 0 Å². The van der Waals surface area contributed by atoms with Gasteiger partial charge in [-0.2, -0.15) is 0 Å². The van der Waals surface area contributed by atoms with Crippen LogP contribution in [-0.4, -0.2) is 37.6 Å². The zero-order valence-electron chi connectivity index (χ0n) is 9.96. The Hall–Kier alpha value is -0.380. The summed E-state index contributed by atoms with van der Waals surface area (Å²) in [7, 11) is 2.20.